The van der Waals surface area contributed by atoms with E-state index in [0.29, 0.717) is 6.10 Å². The molecule has 0 heterocycles. The van der Waals surface area contributed by atoms with Crippen LogP contribution in [0.4, 0.5) is 0 Å². The fourth-order valence-corrected chi connectivity index (χ4v) is 3.59. The van der Waals surface area contributed by atoms with E-state index in [9.17, 15) is 0 Å². The van der Waals surface area contributed by atoms with Gasteiger partial charge in [0.1, 0.15) is 0 Å². The second-order valence-electron chi connectivity index (χ2n) is 8.36. The molecule has 0 saturated heterocycles. The molecule has 1 aliphatic carbocycles. The molecule has 0 unspecified atom stereocenters. The van der Waals surface area contributed by atoms with Crippen molar-refractivity contribution >= 4 is 0 Å². The van der Waals surface area contributed by atoms with Crippen LogP contribution in [0.1, 0.15) is 117 Å². The minimum Gasteiger partial charge on any atom is -0.381 e. The lowest BCUT2D eigenvalue weighted by Crippen LogP contribution is -2.10. The summed E-state index contributed by atoms with van der Waals surface area (Å²) in [6.07, 6.45) is 23.1. The highest BCUT2D eigenvalue weighted by atomic mass is 16.5. The van der Waals surface area contributed by atoms with Crippen LogP contribution in [0.2, 0.25) is 0 Å². The molecule has 0 N–H and O–H groups in total. The summed E-state index contributed by atoms with van der Waals surface area (Å²) >= 11 is 0. The van der Waals surface area contributed by atoms with E-state index in [0.717, 1.165) is 32.2 Å². The molecule has 0 aromatic carbocycles. The van der Waals surface area contributed by atoms with Gasteiger partial charge in [-0.1, -0.05) is 89.9 Å². The molecule has 0 aliphatic heterocycles. The van der Waals surface area contributed by atoms with Crippen LogP contribution in [-0.2, 0) is 9.47 Å². The van der Waals surface area contributed by atoms with E-state index in [1.807, 2.05) is 0 Å². The van der Waals surface area contributed by atoms with Gasteiger partial charge < -0.3 is 9.47 Å². The Hall–Kier alpha value is -0.0800. The van der Waals surface area contributed by atoms with Crippen LogP contribution in [0.15, 0.2) is 0 Å². The quantitative estimate of drug-likeness (QED) is 0.227. The molecule has 0 spiro atoms. The Bertz CT molecular complexity index is 261. The van der Waals surface area contributed by atoms with Crippen LogP contribution in [0, 0.1) is 5.92 Å². The predicted molar refractivity (Wildman–Crippen MR) is 109 cm³/mol. The highest BCUT2D eigenvalue weighted by Crippen LogP contribution is 2.31. The number of hydrogen-bond donors (Lipinski definition) is 0. The van der Waals surface area contributed by atoms with Gasteiger partial charge in [-0.25, -0.2) is 0 Å². The molecule has 0 radical (unpaired) electrons. The number of rotatable bonds is 19. The lowest BCUT2D eigenvalue weighted by molar-refractivity contribution is 0.0507. The number of hydrogen-bond acceptors (Lipinski definition) is 2. The Morgan fingerprint density at radius 1 is 0.640 bits per heavy atom. The molecule has 0 amide bonds. The third-order valence-corrected chi connectivity index (χ3v) is 5.51. The van der Waals surface area contributed by atoms with E-state index in [1.54, 1.807) is 0 Å². The van der Waals surface area contributed by atoms with Gasteiger partial charge in [-0.3, -0.25) is 0 Å². The second kappa shape index (κ2) is 17.3. The summed E-state index contributed by atoms with van der Waals surface area (Å²) in [7, 11) is 0. The normalized spacial score (nSPS) is 15.0. The molecule has 1 saturated carbocycles. The summed E-state index contributed by atoms with van der Waals surface area (Å²) < 4.78 is 11.2. The molecular weight excluding hydrogens is 308 g/mol. The first-order chi connectivity index (χ1) is 12.3. The Morgan fingerprint density at radius 3 is 1.68 bits per heavy atom. The highest BCUT2D eigenvalue weighted by molar-refractivity contribution is 4.69. The van der Waals surface area contributed by atoms with E-state index in [-0.39, 0.29) is 0 Å². The topological polar surface area (TPSA) is 18.5 Å². The molecule has 0 atom stereocenters. The van der Waals surface area contributed by atoms with E-state index in [2.05, 4.69) is 13.8 Å². The Balaban J connectivity index is 1.61. The first-order valence-electron chi connectivity index (χ1n) is 11.5. The summed E-state index contributed by atoms with van der Waals surface area (Å²) in [5, 5.41) is 0. The van der Waals surface area contributed by atoms with Crippen molar-refractivity contribution in [3.8, 4) is 0 Å². The van der Waals surface area contributed by atoms with Crippen molar-refractivity contribution in [1.29, 1.82) is 0 Å². The zero-order valence-electron chi connectivity index (χ0n) is 17.4. The summed E-state index contributed by atoms with van der Waals surface area (Å²) in [5.74, 6) is 1.12. The summed E-state index contributed by atoms with van der Waals surface area (Å²) in [4.78, 5) is 0. The Labute approximate surface area is 158 Å². The van der Waals surface area contributed by atoms with Gasteiger partial charge >= 0.3 is 0 Å². The van der Waals surface area contributed by atoms with Crippen molar-refractivity contribution in [1.82, 2.24) is 0 Å². The molecule has 2 heteroatoms. The molecule has 25 heavy (non-hydrogen) atoms. The van der Waals surface area contributed by atoms with Crippen molar-refractivity contribution in [3.05, 3.63) is 0 Å². The van der Waals surface area contributed by atoms with Crippen LogP contribution in [0.3, 0.4) is 0 Å². The maximum atomic E-state index is 5.65. The van der Waals surface area contributed by atoms with E-state index < -0.39 is 0 Å². The Morgan fingerprint density at radius 2 is 1.16 bits per heavy atom. The van der Waals surface area contributed by atoms with Crippen molar-refractivity contribution < 1.29 is 9.47 Å². The fraction of sp³-hybridized carbons (Fsp3) is 1.00. The monoisotopic (exact) mass is 354 g/mol. The molecule has 150 valence electrons. The smallest absolute Gasteiger partial charge is 0.0518 e. The van der Waals surface area contributed by atoms with Crippen molar-refractivity contribution in [2.75, 3.05) is 19.8 Å². The zero-order valence-corrected chi connectivity index (χ0v) is 17.4. The average Bonchev–Trinajstić information content (AvgIpc) is 2.55. The minimum atomic E-state index is 0.344. The first-order valence-corrected chi connectivity index (χ1v) is 11.5. The van der Waals surface area contributed by atoms with Gasteiger partial charge in [-0.05, 0) is 32.6 Å². The molecule has 1 fully saturated rings. The maximum absolute atomic E-state index is 5.65. The fourth-order valence-electron chi connectivity index (χ4n) is 3.59. The van der Waals surface area contributed by atoms with E-state index >= 15 is 0 Å². The summed E-state index contributed by atoms with van der Waals surface area (Å²) in [5.41, 5.74) is 0. The molecule has 0 aromatic rings. The van der Waals surface area contributed by atoms with Gasteiger partial charge in [-0.15, -0.1) is 0 Å². The van der Waals surface area contributed by atoms with Crippen molar-refractivity contribution in [2.45, 2.75) is 123 Å². The average molecular weight is 355 g/mol. The van der Waals surface area contributed by atoms with E-state index in [4.69, 9.17) is 9.47 Å². The predicted octanol–water partition coefficient (Wildman–Crippen LogP) is 7.30. The third-order valence-electron chi connectivity index (χ3n) is 5.51. The molecule has 0 bridgehead atoms. The highest BCUT2D eigenvalue weighted by Gasteiger charge is 2.15. The molecule has 1 aliphatic rings. The minimum absolute atomic E-state index is 0.344. The van der Waals surface area contributed by atoms with Gasteiger partial charge in [0.2, 0.25) is 0 Å². The van der Waals surface area contributed by atoms with Crippen molar-refractivity contribution in [3.63, 3.8) is 0 Å². The van der Waals surface area contributed by atoms with E-state index in [1.165, 1.54) is 96.3 Å². The first kappa shape index (κ1) is 23.0. The number of ether oxygens (including phenoxy) is 2. The standard InChI is InChI=1S/C23H46O2/c1-22(2)25-21-15-20-24-19-13-11-9-7-5-3-4-6-8-10-12-16-23-17-14-18-23/h22-23H,3-21H2,1-2H3. The molecule has 1 rings (SSSR count). The van der Waals surface area contributed by atoms with Crippen LogP contribution in [0.25, 0.3) is 0 Å². The van der Waals surface area contributed by atoms with Crippen LogP contribution in [0.5, 0.6) is 0 Å². The SMILES string of the molecule is CC(C)OCCCOCCCCCCCCCCCCCC1CCC1. The van der Waals surface area contributed by atoms with Gasteiger partial charge in [0.15, 0.2) is 0 Å². The third kappa shape index (κ3) is 15.9. The molecule has 2 nitrogen and oxygen atoms in total. The van der Waals surface area contributed by atoms with Gasteiger partial charge in [-0.2, -0.15) is 0 Å². The van der Waals surface area contributed by atoms with Gasteiger partial charge in [0.05, 0.1) is 6.10 Å². The molecular formula is C23H46O2. The largest absolute Gasteiger partial charge is 0.381 e. The Kier molecular flexibility index (Phi) is 15.9. The lowest BCUT2D eigenvalue weighted by atomic mass is 9.81. The summed E-state index contributed by atoms with van der Waals surface area (Å²) in [6.45, 7) is 6.78. The van der Waals surface area contributed by atoms with Crippen LogP contribution in [-0.4, -0.2) is 25.9 Å². The summed E-state index contributed by atoms with van der Waals surface area (Å²) in [6, 6.07) is 0. The maximum Gasteiger partial charge on any atom is 0.0518 e. The van der Waals surface area contributed by atoms with Crippen LogP contribution < -0.4 is 0 Å². The van der Waals surface area contributed by atoms with Gasteiger partial charge in [0, 0.05) is 19.8 Å². The second-order valence-corrected chi connectivity index (χ2v) is 8.36. The van der Waals surface area contributed by atoms with Crippen LogP contribution >= 0.6 is 0 Å². The number of unbranched alkanes of at least 4 members (excludes halogenated alkanes) is 10. The van der Waals surface area contributed by atoms with Crippen molar-refractivity contribution in [2.24, 2.45) is 5.92 Å². The lowest BCUT2D eigenvalue weighted by Gasteiger charge is -2.24. The zero-order chi connectivity index (χ0) is 18.0. The van der Waals surface area contributed by atoms with Gasteiger partial charge in [0.25, 0.3) is 0 Å². The molecule has 0 aromatic heterocycles.